The number of hydrogen-bond acceptors (Lipinski definition) is 4. The summed E-state index contributed by atoms with van der Waals surface area (Å²) in [5.41, 5.74) is 1.33. The quantitative estimate of drug-likeness (QED) is 0.758. The van der Waals surface area contributed by atoms with Crippen LogP contribution in [0.1, 0.15) is 12.0 Å². The second-order valence-electron chi connectivity index (χ2n) is 3.96. The molecular formula is C10H15NO5S2. The first kappa shape index (κ1) is 14.9. The van der Waals surface area contributed by atoms with E-state index in [-0.39, 0.29) is 5.75 Å². The van der Waals surface area contributed by atoms with Crippen molar-refractivity contribution in [3.05, 3.63) is 29.8 Å². The minimum Gasteiger partial charge on any atom is -0.286 e. The van der Waals surface area contributed by atoms with E-state index in [2.05, 4.69) is 4.72 Å². The summed E-state index contributed by atoms with van der Waals surface area (Å²) >= 11 is 0. The second-order valence-corrected chi connectivity index (χ2v) is 7.28. The van der Waals surface area contributed by atoms with Crippen molar-refractivity contribution >= 4 is 25.8 Å². The molecule has 0 radical (unpaired) electrons. The summed E-state index contributed by atoms with van der Waals surface area (Å²) in [7, 11) is -7.21. The van der Waals surface area contributed by atoms with Crippen molar-refractivity contribution in [3.63, 3.8) is 0 Å². The van der Waals surface area contributed by atoms with Gasteiger partial charge < -0.3 is 0 Å². The number of sulfonamides is 1. The molecule has 1 rings (SSSR count). The molecule has 8 heteroatoms. The Hall–Kier alpha value is -1.12. The van der Waals surface area contributed by atoms with Gasteiger partial charge >= 0.3 is 0 Å². The number of rotatable bonds is 6. The molecule has 102 valence electrons. The fourth-order valence-electron chi connectivity index (χ4n) is 1.41. The summed E-state index contributed by atoms with van der Waals surface area (Å²) < 4.78 is 53.8. The van der Waals surface area contributed by atoms with Crippen LogP contribution in [0.5, 0.6) is 0 Å². The predicted octanol–water partition coefficient (Wildman–Crippen LogP) is 0.879. The van der Waals surface area contributed by atoms with Gasteiger partial charge in [-0.15, -0.1) is 0 Å². The highest BCUT2D eigenvalue weighted by molar-refractivity contribution is 7.92. The number of aryl methyl sites for hydroxylation is 1. The summed E-state index contributed by atoms with van der Waals surface area (Å²) in [5, 5.41) is 0. The number of hydrogen-bond donors (Lipinski definition) is 2. The average molecular weight is 293 g/mol. The van der Waals surface area contributed by atoms with Crippen molar-refractivity contribution in [1.29, 1.82) is 0 Å². The van der Waals surface area contributed by atoms with Crippen LogP contribution in [0.3, 0.4) is 0 Å². The van der Waals surface area contributed by atoms with Crippen molar-refractivity contribution in [1.82, 2.24) is 0 Å². The van der Waals surface area contributed by atoms with Gasteiger partial charge in [0.25, 0.3) is 10.1 Å². The lowest BCUT2D eigenvalue weighted by atomic mass is 10.1. The Balaban J connectivity index is 2.56. The zero-order valence-corrected chi connectivity index (χ0v) is 11.5. The Morgan fingerprint density at radius 2 is 1.67 bits per heavy atom. The zero-order valence-electron chi connectivity index (χ0n) is 9.83. The van der Waals surface area contributed by atoms with Crippen LogP contribution in [-0.2, 0) is 26.6 Å². The Kier molecular flexibility index (Phi) is 4.71. The van der Waals surface area contributed by atoms with E-state index in [1.165, 1.54) is 0 Å². The molecule has 0 amide bonds. The summed E-state index contributed by atoms with van der Waals surface area (Å²) in [6.07, 6.45) is 1.88. The highest BCUT2D eigenvalue weighted by atomic mass is 32.2. The maximum Gasteiger partial charge on any atom is 0.264 e. The number of benzene rings is 1. The first-order chi connectivity index (χ1) is 8.16. The lowest BCUT2D eigenvalue weighted by Crippen LogP contribution is -2.09. The van der Waals surface area contributed by atoms with Crippen molar-refractivity contribution in [3.8, 4) is 0 Å². The minimum absolute atomic E-state index is 0.281. The van der Waals surface area contributed by atoms with Gasteiger partial charge in [0, 0.05) is 5.69 Å². The van der Waals surface area contributed by atoms with Gasteiger partial charge in [0.05, 0.1) is 12.0 Å². The van der Waals surface area contributed by atoms with Gasteiger partial charge in [-0.2, -0.15) is 8.42 Å². The lowest BCUT2D eigenvalue weighted by molar-refractivity contribution is 0.481. The molecule has 0 spiro atoms. The second kappa shape index (κ2) is 5.68. The molecule has 6 nitrogen and oxygen atoms in total. The summed E-state index contributed by atoms with van der Waals surface area (Å²) in [6, 6.07) is 6.61. The fraction of sp³-hybridized carbons (Fsp3) is 0.400. The number of anilines is 1. The molecule has 0 aliphatic heterocycles. The molecule has 1 aromatic carbocycles. The third-order valence-electron chi connectivity index (χ3n) is 2.12. The molecule has 1 aromatic rings. The topological polar surface area (TPSA) is 101 Å². The molecule has 0 aromatic heterocycles. The van der Waals surface area contributed by atoms with Gasteiger partial charge in [-0.05, 0) is 30.5 Å². The molecule has 2 N–H and O–H groups in total. The number of nitrogens with one attached hydrogen (secondary N) is 1. The maximum atomic E-state index is 11.0. The van der Waals surface area contributed by atoms with E-state index in [0.29, 0.717) is 18.5 Å². The van der Waals surface area contributed by atoms with Crippen LogP contribution in [0.4, 0.5) is 5.69 Å². The van der Waals surface area contributed by atoms with Crippen molar-refractivity contribution in [2.24, 2.45) is 0 Å². The van der Waals surface area contributed by atoms with Gasteiger partial charge in [-0.1, -0.05) is 12.1 Å². The molecule has 0 heterocycles. The third-order valence-corrected chi connectivity index (χ3v) is 3.54. The maximum absolute atomic E-state index is 11.0. The Morgan fingerprint density at radius 1 is 1.11 bits per heavy atom. The van der Waals surface area contributed by atoms with Crippen molar-refractivity contribution in [2.45, 2.75) is 12.8 Å². The van der Waals surface area contributed by atoms with Crippen LogP contribution in [0.25, 0.3) is 0 Å². The predicted molar refractivity (Wildman–Crippen MR) is 69.6 cm³/mol. The largest absolute Gasteiger partial charge is 0.286 e. The van der Waals surface area contributed by atoms with Crippen LogP contribution in [-0.4, -0.2) is 33.4 Å². The van der Waals surface area contributed by atoms with Crippen LogP contribution in [0.15, 0.2) is 24.3 Å². The van der Waals surface area contributed by atoms with Gasteiger partial charge in [0.1, 0.15) is 0 Å². The normalized spacial score (nSPS) is 12.3. The van der Waals surface area contributed by atoms with Gasteiger partial charge in [0.15, 0.2) is 0 Å². The van der Waals surface area contributed by atoms with E-state index >= 15 is 0 Å². The first-order valence-corrected chi connectivity index (χ1v) is 8.68. The fourth-order valence-corrected chi connectivity index (χ4v) is 2.49. The summed E-state index contributed by atoms with van der Waals surface area (Å²) in [5.74, 6) is -0.281. The molecule has 0 unspecified atom stereocenters. The van der Waals surface area contributed by atoms with Crippen LogP contribution in [0, 0.1) is 0 Å². The molecule has 0 atom stereocenters. The highest BCUT2D eigenvalue weighted by Crippen LogP contribution is 2.12. The molecule has 0 saturated carbocycles. The summed E-state index contributed by atoms with van der Waals surface area (Å²) in [4.78, 5) is 0. The molecule has 0 aliphatic carbocycles. The Bertz CT molecular complexity index is 590. The third kappa shape index (κ3) is 6.58. The van der Waals surface area contributed by atoms with Crippen LogP contribution >= 0.6 is 0 Å². The standard InChI is InChI=1S/C10H15NO5S2/c1-17(12,13)11-10-6-4-9(5-7-10)3-2-8-18(14,15)16/h4-7,11H,2-3,8H2,1H3,(H,14,15,16). The first-order valence-electron chi connectivity index (χ1n) is 5.18. The summed E-state index contributed by atoms with van der Waals surface area (Å²) in [6.45, 7) is 0. The van der Waals surface area contributed by atoms with E-state index in [9.17, 15) is 16.8 Å². The van der Waals surface area contributed by atoms with Gasteiger partial charge in [-0.3, -0.25) is 9.27 Å². The molecule has 0 saturated heterocycles. The van der Waals surface area contributed by atoms with E-state index in [0.717, 1.165) is 11.8 Å². The molecule has 18 heavy (non-hydrogen) atoms. The van der Waals surface area contributed by atoms with E-state index in [1.807, 2.05) is 0 Å². The van der Waals surface area contributed by atoms with Gasteiger partial charge in [0.2, 0.25) is 10.0 Å². The van der Waals surface area contributed by atoms with E-state index in [1.54, 1.807) is 24.3 Å². The van der Waals surface area contributed by atoms with E-state index in [4.69, 9.17) is 4.55 Å². The lowest BCUT2D eigenvalue weighted by Gasteiger charge is -2.05. The van der Waals surface area contributed by atoms with E-state index < -0.39 is 20.1 Å². The minimum atomic E-state index is -3.92. The smallest absolute Gasteiger partial charge is 0.264 e. The van der Waals surface area contributed by atoms with Crippen LogP contribution in [0.2, 0.25) is 0 Å². The molecule has 0 fully saturated rings. The highest BCUT2D eigenvalue weighted by Gasteiger charge is 2.05. The average Bonchev–Trinajstić information content (AvgIpc) is 2.16. The molecule has 0 bridgehead atoms. The van der Waals surface area contributed by atoms with Crippen LogP contribution < -0.4 is 4.72 Å². The zero-order chi connectivity index (χ0) is 13.8. The van der Waals surface area contributed by atoms with Crippen molar-refractivity contribution < 1.29 is 21.4 Å². The van der Waals surface area contributed by atoms with Gasteiger partial charge in [-0.25, -0.2) is 8.42 Å². The molecular weight excluding hydrogens is 278 g/mol. The molecule has 0 aliphatic rings. The Labute approximate surface area is 107 Å². The SMILES string of the molecule is CS(=O)(=O)Nc1ccc(CCCS(=O)(=O)O)cc1. The monoisotopic (exact) mass is 293 g/mol. The van der Waals surface area contributed by atoms with Crippen molar-refractivity contribution in [2.75, 3.05) is 16.7 Å². The Morgan fingerprint density at radius 3 is 2.11 bits per heavy atom.